The van der Waals surface area contributed by atoms with E-state index in [-0.39, 0.29) is 35.0 Å². The molecule has 12 nitrogen and oxygen atoms in total. The van der Waals surface area contributed by atoms with E-state index in [1.807, 2.05) is 0 Å². The minimum Gasteiger partial charge on any atom is -0.347 e. The Kier molecular flexibility index (Phi) is 10.2. The number of carbonyl (C=O) groups excluding carboxylic acids is 5. The molecule has 48 heavy (non-hydrogen) atoms. The van der Waals surface area contributed by atoms with Crippen LogP contribution in [0.15, 0.2) is 0 Å². The molecule has 3 saturated heterocycles. The quantitative estimate of drug-likeness (QED) is 0.311. The van der Waals surface area contributed by atoms with E-state index in [0.717, 1.165) is 70.6 Å². The van der Waals surface area contributed by atoms with Gasteiger partial charge in [0.2, 0.25) is 17.6 Å². The van der Waals surface area contributed by atoms with E-state index < -0.39 is 62.4 Å². The van der Waals surface area contributed by atoms with Gasteiger partial charge < -0.3 is 26.2 Å². The Morgan fingerprint density at radius 3 is 2.04 bits per heavy atom. The van der Waals surface area contributed by atoms with Crippen LogP contribution in [-0.2, 0) is 29.0 Å². The molecule has 3 aliphatic carbocycles. The second-order valence-corrected chi connectivity index (χ2v) is 18.4. The zero-order valence-corrected chi connectivity index (χ0v) is 29.5. The first-order valence-corrected chi connectivity index (χ1v) is 20.3. The lowest BCUT2D eigenvalue weighted by Crippen LogP contribution is -2.66. The minimum atomic E-state index is -3.27. The van der Waals surface area contributed by atoms with Gasteiger partial charge in [0.15, 0.2) is 9.84 Å². The summed E-state index contributed by atoms with van der Waals surface area (Å²) in [7, 11) is -3.27. The van der Waals surface area contributed by atoms with Crippen LogP contribution in [-0.4, -0.2) is 90.1 Å². The van der Waals surface area contributed by atoms with Crippen LogP contribution in [0, 0.1) is 17.3 Å². The number of fused-ring (bicyclic) bond motifs is 3. The highest BCUT2D eigenvalue weighted by molar-refractivity contribution is 7.93. The average Bonchev–Trinajstić information content (AvgIpc) is 3.88. The topological polar surface area (TPSA) is 171 Å². The summed E-state index contributed by atoms with van der Waals surface area (Å²) in [5.41, 5.74) is -1.000. The highest BCUT2D eigenvalue weighted by atomic mass is 32.2. The van der Waals surface area contributed by atoms with E-state index in [9.17, 15) is 32.4 Å². The fourth-order valence-electron chi connectivity index (χ4n) is 9.20. The van der Waals surface area contributed by atoms with Gasteiger partial charge in [-0.3, -0.25) is 19.2 Å². The molecular weight excluding hydrogens is 634 g/mol. The number of nitrogens with one attached hydrogen (secondary N) is 4. The van der Waals surface area contributed by atoms with Crippen molar-refractivity contribution in [2.45, 2.75) is 158 Å². The van der Waals surface area contributed by atoms with E-state index in [0.29, 0.717) is 45.1 Å². The molecule has 3 heterocycles. The van der Waals surface area contributed by atoms with Gasteiger partial charge in [-0.15, -0.1) is 0 Å². The predicted octanol–water partition coefficient (Wildman–Crippen LogP) is 2.88. The van der Waals surface area contributed by atoms with Crippen molar-refractivity contribution in [3.05, 3.63) is 0 Å². The monoisotopic (exact) mass is 689 g/mol. The molecule has 3 aliphatic heterocycles. The summed E-state index contributed by atoms with van der Waals surface area (Å²) in [5.74, 6) is -1.91. The van der Waals surface area contributed by atoms with Gasteiger partial charge in [0, 0.05) is 12.6 Å². The first-order chi connectivity index (χ1) is 22.8. The Labute approximate surface area is 285 Å². The molecule has 5 amide bonds. The minimum absolute atomic E-state index is 0.0204. The standard InChI is InChI=1S/C35H55N5O7S/c1-34(2)23-21-40-28(27(23)34)30(42)37-24(29(41)31(43)36-22-15-16-22)13-9-6-4-3-5-7-10-14-25(32(40)44)38-33(45)39-35(18-11-8-12-19-35)26-17-20-48(26,46)47/h22-28H,3-21H2,1-2H3,(H,36,43)(H,37,42)(H2,38,39,45)/t23-,24-,25-,26+,27-,28-/m0/s1. The van der Waals surface area contributed by atoms with Crippen molar-refractivity contribution >= 4 is 39.4 Å². The molecule has 3 saturated carbocycles. The Bertz CT molecular complexity index is 1390. The van der Waals surface area contributed by atoms with Crippen LogP contribution < -0.4 is 21.3 Å². The molecule has 0 aromatic heterocycles. The van der Waals surface area contributed by atoms with Crippen LogP contribution >= 0.6 is 0 Å². The maximum Gasteiger partial charge on any atom is 0.315 e. The van der Waals surface area contributed by atoms with E-state index in [1.165, 1.54) is 0 Å². The molecule has 4 N–H and O–H groups in total. The lowest BCUT2D eigenvalue weighted by atomic mass is 9.78. The summed E-state index contributed by atoms with van der Waals surface area (Å²) in [6.07, 6.45) is 13.0. The second-order valence-electron chi connectivity index (χ2n) is 16.1. The molecule has 0 aromatic carbocycles. The fourth-order valence-corrected chi connectivity index (χ4v) is 11.0. The fraction of sp³-hybridized carbons (Fsp3) is 0.857. The van der Waals surface area contributed by atoms with Crippen molar-refractivity contribution in [3.8, 4) is 0 Å². The van der Waals surface area contributed by atoms with Crippen LogP contribution in [0.3, 0.4) is 0 Å². The summed E-state index contributed by atoms with van der Waals surface area (Å²) >= 11 is 0. The molecule has 6 rings (SSSR count). The van der Waals surface area contributed by atoms with Crippen LogP contribution in [0.1, 0.15) is 123 Å². The number of ketones is 1. The first kappa shape index (κ1) is 35.1. The maximum atomic E-state index is 14.4. The second kappa shape index (κ2) is 13.9. The molecule has 6 atom stereocenters. The van der Waals surface area contributed by atoms with Crippen molar-refractivity contribution in [2.24, 2.45) is 17.3 Å². The van der Waals surface area contributed by atoms with Crippen LogP contribution in [0.25, 0.3) is 0 Å². The average molecular weight is 690 g/mol. The third-order valence-corrected chi connectivity index (χ3v) is 14.8. The van der Waals surface area contributed by atoms with Crippen LogP contribution in [0.4, 0.5) is 4.79 Å². The molecule has 6 aliphatic rings. The summed E-state index contributed by atoms with van der Waals surface area (Å²) in [6.45, 7) is 4.55. The predicted molar refractivity (Wildman–Crippen MR) is 179 cm³/mol. The van der Waals surface area contributed by atoms with Crippen molar-refractivity contribution in [2.75, 3.05) is 12.3 Å². The molecular formula is C35H55N5O7S. The van der Waals surface area contributed by atoms with Gasteiger partial charge in [0.25, 0.3) is 5.91 Å². The molecule has 0 unspecified atom stereocenters. The molecule has 0 spiro atoms. The van der Waals surface area contributed by atoms with Gasteiger partial charge in [-0.05, 0) is 62.2 Å². The highest BCUT2D eigenvalue weighted by Crippen LogP contribution is 2.65. The smallest absolute Gasteiger partial charge is 0.315 e. The number of Topliss-reactive ketones (excluding diaryl/α,β-unsaturated/α-hetero) is 1. The molecule has 0 bridgehead atoms. The summed E-state index contributed by atoms with van der Waals surface area (Å²) in [5, 5.41) is 11.1. The Balaban J connectivity index is 1.21. The van der Waals surface area contributed by atoms with Crippen molar-refractivity contribution < 1.29 is 32.4 Å². The van der Waals surface area contributed by atoms with Gasteiger partial charge in [-0.2, -0.15) is 0 Å². The number of rotatable bonds is 6. The number of carbonyl (C=O) groups is 5. The van der Waals surface area contributed by atoms with E-state index in [4.69, 9.17) is 0 Å². The van der Waals surface area contributed by atoms with Gasteiger partial charge in [-0.25, -0.2) is 13.2 Å². The number of hydrogen-bond acceptors (Lipinski definition) is 7. The summed E-state index contributed by atoms with van der Waals surface area (Å²) in [6, 6.07) is -3.17. The van der Waals surface area contributed by atoms with Crippen LogP contribution in [0.2, 0.25) is 0 Å². The first-order valence-electron chi connectivity index (χ1n) is 18.6. The summed E-state index contributed by atoms with van der Waals surface area (Å²) < 4.78 is 25.5. The zero-order chi connectivity index (χ0) is 34.3. The van der Waals surface area contributed by atoms with E-state index in [1.54, 1.807) is 4.90 Å². The number of piperidine rings is 1. The van der Waals surface area contributed by atoms with Crippen molar-refractivity contribution in [1.29, 1.82) is 0 Å². The molecule has 268 valence electrons. The maximum absolute atomic E-state index is 14.4. The van der Waals surface area contributed by atoms with Gasteiger partial charge in [-0.1, -0.05) is 78.1 Å². The molecule has 13 heteroatoms. The Morgan fingerprint density at radius 2 is 1.44 bits per heavy atom. The zero-order valence-electron chi connectivity index (χ0n) is 28.7. The lowest BCUT2D eigenvalue weighted by molar-refractivity contribution is -0.144. The Hall–Kier alpha value is -2.70. The Morgan fingerprint density at radius 1 is 0.812 bits per heavy atom. The van der Waals surface area contributed by atoms with Crippen molar-refractivity contribution in [3.63, 3.8) is 0 Å². The molecule has 0 radical (unpaired) electrons. The third-order valence-electron chi connectivity index (χ3n) is 12.4. The van der Waals surface area contributed by atoms with E-state index in [2.05, 4.69) is 35.1 Å². The molecule has 0 aromatic rings. The van der Waals surface area contributed by atoms with Gasteiger partial charge in [0.05, 0.1) is 22.6 Å². The van der Waals surface area contributed by atoms with Crippen LogP contribution in [0.5, 0.6) is 0 Å². The molecule has 6 fully saturated rings. The van der Waals surface area contributed by atoms with Gasteiger partial charge >= 0.3 is 6.03 Å². The largest absolute Gasteiger partial charge is 0.347 e. The number of nitrogens with zero attached hydrogens (tertiary/aromatic N) is 1. The highest BCUT2D eigenvalue weighted by Gasteiger charge is 2.69. The van der Waals surface area contributed by atoms with E-state index >= 15 is 0 Å². The lowest BCUT2D eigenvalue weighted by Gasteiger charge is -2.47. The van der Waals surface area contributed by atoms with Crippen molar-refractivity contribution in [1.82, 2.24) is 26.2 Å². The third kappa shape index (κ3) is 7.26. The number of sulfone groups is 1. The van der Waals surface area contributed by atoms with Gasteiger partial charge in [0.1, 0.15) is 12.1 Å². The number of hydrogen-bond donors (Lipinski definition) is 4. The summed E-state index contributed by atoms with van der Waals surface area (Å²) in [4.78, 5) is 69.8. The normalized spacial score (nSPS) is 34.8. The number of amides is 5. The SMILES string of the molecule is CC1(C)[C@@H]2[C@H]3C(=O)N[C@H](C(=O)C(=O)NC4CC4)CCCCCCCCC[C@H](NC(=O)NC4([C@H]5CCS5(=O)=O)CCCCC4)C(=O)N3C[C@@H]21. The number of urea groups is 1.